The van der Waals surface area contributed by atoms with Crippen molar-refractivity contribution in [3.05, 3.63) is 16.1 Å². The number of aromatic nitrogens is 1. The molecule has 0 aromatic carbocycles. The van der Waals surface area contributed by atoms with E-state index in [0.717, 1.165) is 29.7 Å². The molecule has 0 amide bonds. The first-order valence-corrected chi connectivity index (χ1v) is 7.76. The molecule has 4 nitrogen and oxygen atoms in total. The lowest BCUT2D eigenvalue weighted by Gasteiger charge is -2.22. The molecule has 108 valence electrons. The average Bonchev–Trinajstić information content (AvgIpc) is 3.11. The van der Waals surface area contributed by atoms with E-state index in [-0.39, 0.29) is 5.60 Å². The van der Waals surface area contributed by atoms with Gasteiger partial charge in [0, 0.05) is 31.7 Å². The summed E-state index contributed by atoms with van der Waals surface area (Å²) >= 11 is 1.71. The third kappa shape index (κ3) is 5.57. The van der Waals surface area contributed by atoms with E-state index in [9.17, 15) is 0 Å². The van der Waals surface area contributed by atoms with Crippen LogP contribution in [-0.2, 0) is 22.6 Å². The zero-order valence-corrected chi connectivity index (χ0v) is 12.9. The van der Waals surface area contributed by atoms with E-state index >= 15 is 0 Å². The van der Waals surface area contributed by atoms with Gasteiger partial charge in [0.15, 0.2) is 0 Å². The Hall–Kier alpha value is -0.490. The summed E-state index contributed by atoms with van der Waals surface area (Å²) in [7, 11) is 1.74. The van der Waals surface area contributed by atoms with Gasteiger partial charge in [0.25, 0.3) is 0 Å². The average molecular weight is 284 g/mol. The van der Waals surface area contributed by atoms with Gasteiger partial charge in [-0.25, -0.2) is 4.98 Å². The number of methoxy groups -OCH3 is 1. The van der Waals surface area contributed by atoms with E-state index < -0.39 is 0 Å². The van der Waals surface area contributed by atoms with Crippen molar-refractivity contribution >= 4 is 11.3 Å². The van der Waals surface area contributed by atoms with Crippen molar-refractivity contribution in [3.8, 4) is 0 Å². The zero-order valence-electron chi connectivity index (χ0n) is 12.1. The molecule has 1 aliphatic carbocycles. The van der Waals surface area contributed by atoms with Crippen molar-refractivity contribution in [2.45, 2.75) is 57.9 Å². The fourth-order valence-electron chi connectivity index (χ4n) is 1.61. The van der Waals surface area contributed by atoms with Gasteiger partial charge in [0.1, 0.15) is 5.01 Å². The maximum absolute atomic E-state index is 5.65. The monoisotopic (exact) mass is 284 g/mol. The van der Waals surface area contributed by atoms with Crippen molar-refractivity contribution in [3.63, 3.8) is 0 Å². The Bertz CT molecular complexity index is 389. The molecule has 0 aliphatic heterocycles. The predicted octanol–water partition coefficient (Wildman–Crippen LogP) is 2.73. The molecular formula is C14H24N2O2S. The lowest BCUT2D eigenvalue weighted by Crippen LogP contribution is -2.24. The van der Waals surface area contributed by atoms with Gasteiger partial charge in [-0.15, -0.1) is 11.3 Å². The van der Waals surface area contributed by atoms with Crippen LogP contribution in [0, 0.1) is 0 Å². The third-order valence-corrected chi connectivity index (χ3v) is 4.27. The van der Waals surface area contributed by atoms with E-state index in [1.807, 2.05) is 0 Å². The van der Waals surface area contributed by atoms with Crippen LogP contribution in [0.1, 0.15) is 43.8 Å². The summed E-state index contributed by atoms with van der Waals surface area (Å²) in [5.41, 5.74) is 0.925. The molecule has 0 unspecified atom stereocenters. The fraction of sp³-hybridized carbons (Fsp3) is 0.786. The van der Waals surface area contributed by atoms with Crippen LogP contribution in [0.15, 0.2) is 5.38 Å². The summed E-state index contributed by atoms with van der Waals surface area (Å²) in [5.74, 6) is 0. The lowest BCUT2D eigenvalue weighted by molar-refractivity contribution is -0.0127. The molecule has 0 atom stereocenters. The van der Waals surface area contributed by atoms with Crippen LogP contribution in [-0.4, -0.2) is 30.3 Å². The number of thiazole rings is 1. The number of hydrogen-bond donors (Lipinski definition) is 1. The highest BCUT2D eigenvalue weighted by Gasteiger charge is 2.20. The molecule has 0 spiro atoms. The summed E-state index contributed by atoms with van der Waals surface area (Å²) in [6, 6.07) is 0.736. The SMILES string of the molecule is COC(C)(C)CCOCc1csc(CNC2CC2)n1. The number of rotatable bonds is 9. The van der Waals surface area contributed by atoms with Crippen LogP contribution in [0.25, 0.3) is 0 Å². The third-order valence-electron chi connectivity index (χ3n) is 3.37. The number of nitrogens with one attached hydrogen (secondary N) is 1. The minimum absolute atomic E-state index is 0.110. The van der Waals surface area contributed by atoms with Gasteiger partial charge < -0.3 is 14.8 Å². The number of ether oxygens (including phenoxy) is 2. The largest absolute Gasteiger partial charge is 0.379 e. The molecule has 0 radical (unpaired) electrons. The Labute approximate surface area is 119 Å². The molecule has 0 saturated heterocycles. The highest BCUT2D eigenvalue weighted by atomic mass is 32.1. The first-order chi connectivity index (χ1) is 9.09. The van der Waals surface area contributed by atoms with Crippen molar-refractivity contribution in [2.24, 2.45) is 0 Å². The highest BCUT2D eigenvalue weighted by molar-refractivity contribution is 7.09. The second-order valence-corrected chi connectivity index (χ2v) is 6.60. The van der Waals surface area contributed by atoms with E-state index in [0.29, 0.717) is 13.2 Å². The summed E-state index contributed by atoms with van der Waals surface area (Å²) in [6.45, 7) is 6.33. The van der Waals surface area contributed by atoms with E-state index in [1.165, 1.54) is 12.8 Å². The number of nitrogens with zero attached hydrogens (tertiary/aromatic N) is 1. The molecule has 1 N–H and O–H groups in total. The predicted molar refractivity (Wildman–Crippen MR) is 77.3 cm³/mol. The van der Waals surface area contributed by atoms with E-state index in [4.69, 9.17) is 9.47 Å². The normalized spacial score (nSPS) is 15.9. The van der Waals surface area contributed by atoms with Crippen molar-refractivity contribution < 1.29 is 9.47 Å². The smallest absolute Gasteiger partial charge is 0.107 e. The highest BCUT2D eigenvalue weighted by Crippen LogP contribution is 2.20. The molecule has 5 heteroatoms. The van der Waals surface area contributed by atoms with Crippen LogP contribution in [0.5, 0.6) is 0 Å². The van der Waals surface area contributed by atoms with Crippen LogP contribution in [0.4, 0.5) is 0 Å². The van der Waals surface area contributed by atoms with Gasteiger partial charge in [-0.2, -0.15) is 0 Å². The van der Waals surface area contributed by atoms with Gasteiger partial charge in [-0.05, 0) is 33.1 Å². The second-order valence-electron chi connectivity index (χ2n) is 5.65. The first-order valence-electron chi connectivity index (χ1n) is 6.88. The minimum Gasteiger partial charge on any atom is -0.379 e. The van der Waals surface area contributed by atoms with Gasteiger partial charge in [-0.1, -0.05) is 0 Å². The lowest BCUT2D eigenvalue weighted by atomic mass is 10.1. The van der Waals surface area contributed by atoms with Gasteiger partial charge in [-0.3, -0.25) is 0 Å². The Morgan fingerprint density at radius 2 is 2.26 bits per heavy atom. The Balaban J connectivity index is 1.62. The molecule has 1 aromatic heterocycles. The van der Waals surface area contributed by atoms with Crippen LogP contribution >= 0.6 is 11.3 Å². The first kappa shape index (κ1) is 14.9. The van der Waals surface area contributed by atoms with Gasteiger partial charge >= 0.3 is 0 Å². The quantitative estimate of drug-likeness (QED) is 0.708. The minimum atomic E-state index is -0.110. The number of hydrogen-bond acceptors (Lipinski definition) is 5. The summed E-state index contributed by atoms with van der Waals surface area (Å²) < 4.78 is 11.0. The summed E-state index contributed by atoms with van der Waals surface area (Å²) in [6.07, 6.45) is 3.52. The zero-order chi connectivity index (χ0) is 13.7. The Morgan fingerprint density at radius 1 is 1.47 bits per heavy atom. The molecule has 1 aromatic rings. The summed E-state index contributed by atoms with van der Waals surface area (Å²) in [5, 5.41) is 6.72. The maximum atomic E-state index is 5.65. The van der Waals surface area contributed by atoms with Crippen LogP contribution in [0.3, 0.4) is 0 Å². The molecule has 1 heterocycles. The molecule has 1 aliphatic rings. The van der Waals surface area contributed by atoms with Crippen LogP contribution < -0.4 is 5.32 Å². The van der Waals surface area contributed by atoms with E-state index in [1.54, 1.807) is 18.4 Å². The summed E-state index contributed by atoms with van der Waals surface area (Å²) in [4.78, 5) is 4.56. The van der Waals surface area contributed by atoms with Gasteiger partial charge in [0.05, 0.1) is 17.9 Å². The Kier molecular flexibility index (Phi) is 5.33. The maximum Gasteiger partial charge on any atom is 0.107 e. The molecule has 19 heavy (non-hydrogen) atoms. The van der Waals surface area contributed by atoms with Gasteiger partial charge in [0.2, 0.25) is 0 Å². The molecule has 1 saturated carbocycles. The standard InChI is InChI=1S/C14H24N2O2S/c1-14(2,17-3)6-7-18-9-12-10-19-13(16-12)8-15-11-4-5-11/h10-11,15H,4-9H2,1-3H3. The van der Waals surface area contributed by atoms with E-state index in [2.05, 4.69) is 29.5 Å². The molecule has 0 bridgehead atoms. The molecule has 2 rings (SSSR count). The van der Waals surface area contributed by atoms with Crippen LogP contribution in [0.2, 0.25) is 0 Å². The second kappa shape index (κ2) is 6.79. The van der Waals surface area contributed by atoms with Crippen molar-refractivity contribution in [1.82, 2.24) is 10.3 Å². The van der Waals surface area contributed by atoms with Crippen molar-refractivity contribution in [1.29, 1.82) is 0 Å². The molecular weight excluding hydrogens is 260 g/mol. The topological polar surface area (TPSA) is 43.4 Å². The molecule has 1 fully saturated rings. The van der Waals surface area contributed by atoms with Crippen molar-refractivity contribution in [2.75, 3.05) is 13.7 Å². The Morgan fingerprint density at radius 3 is 2.95 bits per heavy atom. The fourth-order valence-corrected chi connectivity index (χ4v) is 2.34.